The molecule has 0 spiro atoms. The van der Waals surface area contributed by atoms with Crippen LogP contribution in [0, 0.1) is 20.2 Å². The molecule has 3 aromatic rings. The molecule has 0 bridgehead atoms. The van der Waals surface area contributed by atoms with Crippen LogP contribution in [0.25, 0.3) is 10.9 Å². The Morgan fingerprint density at radius 2 is 1.50 bits per heavy atom. The summed E-state index contributed by atoms with van der Waals surface area (Å²) >= 11 is 0. The number of nitro benzene ring substituents is 2. The van der Waals surface area contributed by atoms with E-state index >= 15 is 0 Å². The van der Waals surface area contributed by atoms with Gasteiger partial charge in [0.2, 0.25) is 0 Å². The van der Waals surface area contributed by atoms with Gasteiger partial charge in [0.15, 0.2) is 0 Å². The van der Waals surface area contributed by atoms with E-state index in [4.69, 9.17) is 0 Å². The summed E-state index contributed by atoms with van der Waals surface area (Å²) in [6.07, 6.45) is 1.62. The van der Waals surface area contributed by atoms with E-state index in [9.17, 15) is 20.2 Å². The first kappa shape index (κ1) is 17.7. The van der Waals surface area contributed by atoms with Crippen molar-refractivity contribution >= 4 is 33.7 Å². The highest BCUT2D eigenvalue weighted by Gasteiger charge is 2.26. The summed E-state index contributed by atoms with van der Waals surface area (Å²) in [6, 6.07) is 13.4. The van der Waals surface area contributed by atoms with Gasteiger partial charge in [-0.2, -0.15) is 0 Å². The summed E-state index contributed by atoms with van der Waals surface area (Å²) in [5.74, 6) is 0. The normalized spacial score (nSPS) is 14.3. The first-order valence-electron chi connectivity index (χ1n) is 8.81. The molecule has 2 aromatic carbocycles. The molecule has 1 aliphatic rings. The van der Waals surface area contributed by atoms with Gasteiger partial charge in [-0.15, -0.1) is 0 Å². The number of nitrogens with zero attached hydrogens (tertiary/aromatic N) is 5. The van der Waals surface area contributed by atoms with Crippen molar-refractivity contribution in [1.29, 1.82) is 0 Å². The fourth-order valence-corrected chi connectivity index (χ4v) is 3.56. The summed E-state index contributed by atoms with van der Waals surface area (Å²) in [5.41, 5.74) is 2.23. The average molecular weight is 379 g/mol. The van der Waals surface area contributed by atoms with Crippen molar-refractivity contribution in [2.45, 2.75) is 0 Å². The highest BCUT2D eigenvalue weighted by atomic mass is 16.6. The lowest BCUT2D eigenvalue weighted by Gasteiger charge is -2.37. The Morgan fingerprint density at radius 1 is 0.821 bits per heavy atom. The fraction of sp³-hybridized carbons (Fsp3) is 0.211. The van der Waals surface area contributed by atoms with Crippen molar-refractivity contribution < 1.29 is 9.85 Å². The van der Waals surface area contributed by atoms with E-state index in [-0.39, 0.29) is 16.3 Å². The number of benzene rings is 2. The first-order valence-corrected chi connectivity index (χ1v) is 8.81. The van der Waals surface area contributed by atoms with Crippen LogP contribution in [0.5, 0.6) is 0 Å². The lowest BCUT2D eigenvalue weighted by Crippen LogP contribution is -2.46. The van der Waals surface area contributed by atoms with Crippen LogP contribution in [0.4, 0.5) is 22.7 Å². The maximum absolute atomic E-state index is 11.7. The first-order chi connectivity index (χ1) is 13.5. The standard InChI is InChI=1S/C19H17N5O4/c25-23(26)15-5-3-14(4-6-15)21-10-12-22(13-11-21)18-8-7-17-16(2-1-9-20-17)19(18)24(27)28/h1-9H,10-13H2. The highest BCUT2D eigenvalue weighted by Crippen LogP contribution is 2.35. The number of pyridine rings is 1. The van der Waals surface area contributed by atoms with Crippen LogP contribution in [-0.2, 0) is 0 Å². The van der Waals surface area contributed by atoms with Gasteiger partial charge >= 0.3 is 5.69 Å². The molecule has 1 aliphatic heterocycles. The van der Waals surface area contributed by atoms with Crippen LogP contribution in [0.2, 0.25) is 0 Å². The summed E-state index contributed by atoms with van der Waals surface area (Å²) in [7, 11) is 0. The summed E-state index contributed by atoms with van der Waals surface area (Å²) in [6.45, 7) is 2.56. The minimum Gasteiger partial charge on any atom is -0.368 e. The monoisotopic (exact) mass is 379 g/mol. The van der Waals surface area contributed by atoms with E-state index in [1.54, 1.807) is 42.6 Å². The van der Waals surface area contributed by atoms with E-state index in [1.165, 1.54) is 12.1 Å². The summed E-state index contributed by atoms with van der Waals surface area (Å²) in [5, 5.41) is 23.1. The van der Waals surface area contributed by atoms with Gasteiger partial charge in [0, 0.05) is 50.2 Å². The number of nitro groups is 2. The van der Waals surface area contributed by atoms with E-state index in [2.05, 4.69) is 9.88 Å². The van der Waals surface area contributed by atoms with Gasteiger partial charge in [0.1, 0.15) is 5.69 Å². The number of anilines is 2. The van der Waals surface area contributed by atoms with Crippen molar-refractivity contribution in [3.8, 4) is 0 Å². The lowest BCUT2D eigenvalue weighted by atomic mass is 10.1. The van der Waals surface area contributed by atoms with Crippen molar-refractivity contribution in [2.75, 3.05) is 36.0 Å². The molecule has 9 heteroatoms. The predicted molar refractivity (Wildman–Crippen MR) is 106 cm³/mol. The second kappa shape index (κ2) is 7.10. The number of rotatable bonds is 4. The lowest BCUT2D eigenvalue weighted by molar-refractivity contribution is -0.384. The third-order valence-electron chi connectivity index (χ3n) is 4.96. The molecule has 28 heavy (non-hydrogen) atoms. The minimum absolute atomic E-state index is 0.0581. The minimum atomic E-state index is -0.421. The highest BCUT2D eigenvalue weighted by molar-refractivity contribution is 5.94. The third kappa shape index (κ3) is 3.18. The molecular formula is C19H17N5O4. The molecule has 9 nitrogen and oxygen atoms in total. The van der Waals surface area contributed by atoms with Gasteiger partial charge in [0.25, 0.3) is 5.69 Å². The zero-order chi connectivity index (χ0) is 19.7. The van der Waals surface area contributed by atoms with Crippen molar-refractivity contribution in [3.05, 3.63) is 75.0 Å². The number of hydrogen-bond acceptors (Lipinski definition) is 7. The van der Waals surface area contributed by atoms with E-state index in [1.807, 2.05) is 4.90 Å². The number of fused-ring (bicyclic) bond motifs is 1. The summed E-state index contributed by atoms with van der Waals surface area (Å²) < 4.78 is 0. The average Bonchev–Trinajstić information content (AvgIpc) is 2.73. The quantitative estimate of drug-likeness (QED) is 0.505. The number of aromatic nitrogens is 1. The van der Waals surface area contributed by atoms with E-state index in [0.717, 1.165) is 5.69 Å². The SMILES string of the molecule is O=[N+]([O-])c1ccc(N2CCN(c3ccc4ncccc4c3[N+](=O)[O-])CC2)cc1. The maximum atomic E-state index is 11.7. The van der Waals surface area contributed by atoms with Gasteiger partial charge in [-0.3, -0.25) is 25.2 Å². The molecule has 0 amide bonds. The molecule has 0 radical (unpaired) electrons. The van der Waals surface area contributed by atoms with Gasteiger partial charge in [-0.05, 0) is 36.4 Å². The zero-order valence-electron chi connectivity index (χ0n) is 14.9. The predicted octanol–water partition coefficient (Wildman–Crippen LogP) is 3.38. The molecule has 4 rings (SSSR count). The van der Waals surface area contributed by atoms with Gasteiger partial charge in [0.05, 0.1) is 20.7 Å². The molecular weight excluding hydrogens is 362 g/mol. The Kier molecular flexibility index (Phi) is 4.48. The van der Waals surface area contributed by atoms with Crippen molar-refractivity contribution in [3.63, 3.8) is 0 Å². The van der Waals surface area contributed by atoms with Gasteiger partial charge < -0.3 is 9.80 Å². The molecule has 0 aliphatic carbocycles. The van der Waals surface area contributed by atoms with Gasteiger partial charge in [-0.25, -0.2) is 0 Å². The maximum Gasteiger partial charge on any atom is 0.301 e. The zero-order valence-corrected chi connectivity index (χ0v) is 14.9. The molecule has 0 N–H and O–H groups in total. The number of hydrogen-bond donors (Lipinski definition) is 0. The molecule has 142 valence electrons. The van der Waals surface area contributed by atoms with Crippen LogP contribution in [0.3, 0.4) is 0 Å². The Morgan fingerprint density at radius 3 is 2.14 bits per heavy atom. The Balaban J connectivity index is 1.56. The topological polar surface area (TPSA) is 106 Å². The largest absolute Gasteiger partial charge is 0.368 e. The van der Waals surface area contributed by atoms with Crippen LogP contribution < -0.4 is 9.80 Å². The third-order valence-corrected chi connectivity index (χ3v) is 4.96. The van der Waals surface area contributed by atoms with E-state index in [0.29, 0.717) is 42.8 Å². The summed E-state index contributed by atoms with van der Waals surface area (Å²) in [4.78, 5) is 30.1. The van der Waals surface area contributed by atoms with Crippen LogP contribution >= 0.6 is 0 Å². The molecule has 1 aromatic heterocycles. The second-order valence-electron chi connectivity index (χ2n) is 6.51. The Labute approximate surface area is 160 Å². The molecule has 0 unspecified atom stereocenters. The molecule has 0 atom stereocenters. The fourth-order valence-electron chi connectivity index (χ4n) is 3.56. The van der Waals surface area contributed by atoms with Crippen LogP contribution in [0.1, 0.15) is 0 Å². The van der Waals surface area contributed by atoms with Crippen molar-refractivity contribution in [2.24, 2.45) is 0 Å². The number of non-ortho nitro benzene ring substituents is 1. The molecule has 1 saturated heterocycles. The van der Waals surface area contributed by atoms with Crippen LogP contribution in [0.15, 0.2) is 54.7 Å². The van der Waals surface area contributed by atoms with Crippen LogP contribution in [-0.4, -0.2) is 41.0 Å². The molecule has 0 saturated carbocycles. The second-order valence-corrected chi connectivity index (χ2v) is 6.51. The Hall–Kier alpha value is -3.75. The number of piperazine rings is 1. The van der Waals surface area contributed by atoms with Gasteiger partial charge in [-0.1, -0.05) is 0 Å². The Bertz CT molecular complexity index is 1050. The van der Waals surface area contributed by atoms with E-state index < -0.39 is 4.92 Å². The van der Waals surface area contributed by atoms with Crippen molar-refractivity contribution in [1.82, 2.24) is 4.98 Å². The smallest absolute Gasteiger partial charge is 0.301 e. The molecule has 1 fully saturated rings. The molecule has 2 heterocycles.